The van der Waals surface area contributed by atoms with Gasteiger partial charge in [0.25, 0.3) is 0 Å². The van der Waals surface area contributed by atoms with Crippen molar-refractivity contribution in [2.24, 2.45) is 35.5 Å². The van der Waals surface area contributed by atoms with Crippen molar-refractivity contribution in [3.63, 3.8) is 0 Å². The lowest BCUT2D eigenvalue weighted by Crippen LogP contribution is -2.27. The summed E-state index contributed by atoms with van der Waals surface area (Å²) in [5.74, 6) is 6.46. The lowest BCUT2D eigenvalue weighted by molar-refractivity contribution is 0.136. The van der Waals surface area contributed by atoms with E-state index >= 15 is 0 Å². The molecule has 0 saturated heterocycles. The zero-order valence-electron chi connectivity index (χ0n) is 14.7. The molecular weight excluding hydrogens is 252 g/mol. The summed E-state index contributed by atoms with van der Waals surface area (Å²) in [5, 5.41) is 0. The zero-order valence-corrected chi connectivity index (χ0v) is 14.7. The second-order valence-corrected chi connectivity index (χ2v) is 8.79. The van der Waals surface area contributed by atoms with Crippen LogP contribution in [0.4, 0.5) is 0 Å². The van der Waals surface area contributed by atoms with Crippen LogP contribution in [-0.2, 0) is 0 Å². The van der Waals surface area contributed by atoms with Crippen molar-refractivity contribution in [3.05, 3.63) is 0 Å². The van der Waals surface area contributed by atoms with Crippen LogP contribution in [0.25, 0.3) is 0 Å². The van der Waals surface area contributed by atoms with Crippen molar-refractivity contribution in [2.75, 3.05) is 0 Å². The molecule has 0 aromatic rings. The van der Waals surface area contributed by atoms with Crippen LogP contribution in [0.5, 0.6) is 0 Å². The number of rotatable bonds is 4. The molecule has 0 nitrogen and oxygen atoms in total. The van der Waals surface area contributed by atoms with E-state index in [1.165, 1.54) is 38.5 Å². The molecule has 0 bridgehead atoms. The Kier molecular flexibility index (Phi) is 5.68. The molecule has 0 spiro atoms. The predicted octanol–water partition coefficient (Wildman–Crippen LogP) is 6.84. The van der Waals surface area contributed by atoms with Crippen LogP contribution in [0, 0.1) is 35.5 Å². The molecule has 0 radical (unpaired) electrons. The second kappa shape index (κ2) is 7.51. The molecular formula is C21H38. The van der Waals surface area contributed by atoms with Crippen LogP contribution in [0.1, 0.15) is 97.3 Å². The Labute approximate surface area is 133 Å². The largest absolute Gasteiger partial charge is 0.0651 e. The summed E-state index contributed by atoms with van der Waals surface area (Å²) in [6.07, 6.45) is 20.0. The first-order valence-corrected chi connectivity index (χ1v) is 10.3. The molecule has 3 aliphatic rings. The van der Waals surface area contributed by atoms with Crippen molar-refractivity contribution in [2.45, 2.75) is 97.3 Å². The van der Waals surface area contributed by atoms with Gasteiger partial charge in [0.05, 0.1) is 0 Å². The Morgan fingerprint density at radius 3 is 2.24 bits per heavy atom. The van der Waals surface area contributed by atoms with E-state index in [4.69, 9.17) is 0 Å². The minimum Gasteiger partial charge on any atom is -0.0651 e. The molecule has 3 rings (SSSR count). The molecule has 0 amide bonds. The number of hydrogen-bond acceptors (Lipinski definition) is 0. The van der Waals surface area contributed by atoms with Gasteiger partial charge in [-0.05, 0) is 54.8 Å². The minimum absolute atomic E-state index is 1.01. The quantitative estimate of drug-likeness (QED) is 0.532. The summed E-state index contributed by atoms with van der Waals surface area (Å²) in [5.41, 5.74) is 0. The van der Waals surface area contributed by atoms with Crippen LogP contribution >= 0.6 is 0 Å². The molecule has 21 heavy (non-hydrogen) atoms. The van der Waals surface area contributed by atoms with Crippen LogP contribution in [-0.4, -0.2) is 0 Å². The molecule has 5 unspecified atom stereocenters. The minimum atomic E-state index is 1.01. The predicted molar refractivity (Wildman–Crippen MR) is 92.3 cm³/mol. The maximum absolute atomic E-state index is 2.57. The highest BCUT2D eigenvalue weighted by molar-refractivity contribution is 4.86. The summed E-state index contributed by atoms with van der Waals surface area (Å²) in [7, 11) is 0. The highest BCUT2D eigenvalue weighted by Crippen LogP contribution is 2.47. The van der Waals surface area contributed by atoms with Gasteiger partial charge >= 0.3 is 0 Å². The molecule has 3 aliphatic carbocycles. The normalized spacial score (nSPS) is 42.3. The molecule has 0 N–H and O–H groups in total. The monoisotopic (exact) mass is 290 g/mol. The molecule has 0 heteroatoms. The SMILES string of the molecule is CCC1CCCC(CC2CCC(C3CCCCC3)C2)C1C. The third-order valence-corrected chi connectivity index (χ3v) is 7.70. The summed E-state index contributed by atoms with van der Waals surface area (Å²) in [6, 6.07) is 0. The van der Waals surface area contributed by atoms with Gasteiger partial charge in [-0.25, -0.2) is 0 Å². The summed E-state index contributed by atoms with van der Waals surface area (Å²) < 4.78 is 0. The molecule has 5 atom stereocenters. The Morgan fingerprint density at radius 1 is 0.714 bits per heavy atom. The van der Waals surface area contributed by atoms with Crippen molar-refractivity contribution in [1.29, 1.82) is 0 Å². The molecule has 3 saturated carbocycles. The van der Waals surface area contributed by atoms with Gasteiger partial charge in [-0.2, -0.15) is 0 Å². The fraction of sp³-hybridized carbons (Fsp3) is 1.00. The van der Waals surface area contributed by atoms with Crippen molar-refractivity contribution >= 4 is 0 Å². The van der Waals surface area contributed by atoms with Gasteiger partial charge in [0, 0.05) is 0 Å². The first-order valence-electron chi connectivity index (χ1n) is 10.3. The Morgan fingerprint density at radius 2 is 1.48 bits per heavy atom. The van der Waals surface area contributed by atoms with E-state index < -0.39 is 0 Å². The maximum Gasteiger partial charge on any atom is -0.0383 e. The van der Waals surface area contributed by atoms with E-state index in [1.54, 1.807) is 44.9 Å². The van der Waals surface area contributed by atoms with Gasteiger partial charge in [0.15, 0.2) is 0 Å². The molecule has 0 aromatic carbocycles. The van der Waals surface area contributed by atoms with Crippen molar-refractivity contribution in [1.82, 2.24) is 0 Å². The molecule has 0 heterocycles. The van der Waals surface area contributed by atoms with E-state index in [-0.39, 0.29) is 0 Å². The van der Waals surface area contributed by atoms with Crippen LogP contribution < -0.4 is 0 Å². The third-order valence-electron chi connectivity index (χ3n) is 7.70. The average molecular weight is 291 g/mol. The van der Waals surface area contributed by atoms with Crippen LogP contribution in [0.3, 0.4) is 0 Å². The van der Waals surface area contributed by atoms with E-state index in [1.807, 2.05) is 0 Å². The summed E-state index contributed by atoms with van der Waals surface area (Å²) in [4.78, 5) is 0. The summed E-state index contributed by atoms with van der Waals surface area (Å²) >= 11 is 0. The first-order chi connectivity index (χ1) is 10.3. The first kappa shape index (κ1) is 15.9. The van der Waals surface area contributed by atoms with Crippen molar-refractivity contribution < 1.29 is 0 Å². The molecule has 0 aliphatic heterocycles. The Balaban J connectivity index is 1.47. The Bertz CT molecular complexity index is 301. The number of hydrogen-bond donors (Lipinski definition) is 0. The fourth-order valence-corrected chi connectivity index (χ4v) is 6.25. The van der Waals surface area contributed by atoms with Gasteiger partial charge in [-0.1, -0.05) is 78.1 Å². The van der Waals surface area contributed by atoms with Crippen LogP contribution in [0.2, 0.25) is 0 Å². The smallest absolute Gasteiger partial charge is 0.0383 e. The third kappa shape index (κ3) is 3.85. The van der Waals surface area contributed by atoms with E-state index in [0.717, 1.165) is 35.5 Å². The van der Waals surface area contributed by atoms with Gasteiger partial charge in [0.1, 0.15) is 0 Å². The fourth-order valence-electron chi connectivity index (χ4n) is 6.25. The molecule has 0 aromatic heterocycles. The van der Waals surface area contributed by atoms with E-state index in [9.17, 15) is 0 Å². The molecule has 3 fully saturated rings. The average Bonchev–Trinajstić information content (AvgIpc) is 2.99. The van der Waals surface area contributed by atoms with Gasteiger partial charge < -0.3 is 0 Å². The zero-order chi connectivity index (χ0) is 14.7. The summed E-state index contributed by atoms with van der Waals surface area (Å²) in [6.45, 7) is 4.99. The Hall–Kier alpha value is 0. The second-order valence-electron chi connectivity index (χ2n) is 8.79. The highest BCUT2D eigenvalue weighted by Gasteiger charge is 2.35. The maximum atomic E-state index is 2.57. The van der Waals surface area contributed by atoms with Gasteiger partial charge in [-0.3, -0.25) is 0 Å². The topological polar surface area (TPSA) is 0 Å². The molecule has 122 valence electrons. The van der Waals surface area contributed by atoms with Crippen molar-refractivity contribution in [3.8, 4) is 0 Å². The van der Waals surface area contributed by atoms with Gasteiger partial charge in [-0.15, -0.1) is 0 Å². The standard InChI is InChI=1S/C21H38/c1-3-18-10-7-11-20(16(18)2)14-17-12-13-21(15-17)19-8-5-4-6-9-19/h16-21H,3-15H2,1-2H3. The van der Waals surface area contributed by atoms with E-state index in [0.29, 0.717) is 0 Å². The van der Waals surface area contributed by atoms with E-state index in [2.05, 4.69) is 13.8 Å². The van der Waals surface area contributed by atoms with Gasteiger partial charge in [0.2, 0.25) is 0 Å². The highest BCUT2D eigenvalue weighted by atomic mass is 14.4. The van der Waals surface area contributed by atoms with Crippen LogP contribution in [0.15, 0.2) is 0 Å². The lowest BCUT2D eigenvalue weighted by Gasteiger charge is -2.37. The lowest BCUT2D eigenvalue weighted by atomic mass is 9.69.